The molecule has 0 aliphatic rings. The second-order valence-corrected chi connectivity index (χ2v) is 3.03. The van der Waals surface area contributed by atoms with Crippen molar-refractivity contribution in [3.8, 4) is 0 Å². The van der Waals surface area contributed by atoms with E-state index in [4.69, 9.17) is 5.73 Å². The maximum atomic E-state index is 12.4. The van der Waals surface area contributed by atoms with E-state index in [-0.39, 0.29) is 12.4 Å². The summed E-state index contributed by atoms with van der Waals surface area (Å²) in [5.74, 6) is 0. The fourth-order valence-corrected chi connectivity index (χ4v) is 1.34. The Morgan fingerprint density at radius 2 is 1.24 bits per heavy atom. The normalized spacial score (nSPS) is 12.2. The van der Waals surface area contributed by atoms with Crippen LogP contribution in [0.15, 0.2) is 18.2 Å². The van der Waals surface area contributed by atoms with Gasteiger partial charge in [0.15, 0.2) is 0 Å². The molecule has 2 N–H and O–H groups in total. The first-order valence-corrected chi connectivity index (χ1v) is 4.14. The minimum Gasteiger partial charge on any atom is -0.326 e. The van der Waals surface area contributed by atoms with Gasteiger partial charge in [-0.3, -0.25) is 0 Å². The van der Waals surface area contributed by atoms with Crippen LogP contribution < -0.4 is 5.73 Å². The molecular weight excluding hydrogens is 272 g/mol. The topological polar surface area (TPSA) is 26.0 Å². The zero-order valence-electron chi connectivity index (χ0n) is 8.19. The van der Waals surface area contributed by atoms with E-state index in [1.807, 2.05) is 0 Å². The molecule has 0 aromatic heterocycles. The van der Waals surface area contributed by atoms with Crippen molar-refractivity contribution in [2.75, 3.05) is 0 Å². The molecule has 0 spiro atoms. The van der Waals surface area contributed by atoms with Crippen LogP contribution in [-0.4, -0.2) is 0 Å². The average molecular weight is 280 g/mol. The van der Waals surface area contributed by atoms with Crippen molar-refractivity contribution in [3.05, 3.63) is 34.9 Å². The minimum atomic E-state index is -4.84. The van der Waals surface area contributed by atoms with E-state index < -0.39 is 35.6 Å². The molecule has 0 heterocycles. The molecule has 98 valence electrons. The van der Waals surface area contributed by atoms with Crippen LogP contribution in [0.2, 0.25) is 0 Å². The second-order valence-electron chi connectivity index (χ2n) is 3.03. The van der Waals surface area contributed by atoms with E-state index in [2.05, 4.69) is 0 Å². The van der Waals surface area contributed by atoms with Crippen LogP contribution in [0.5, 0.6) is 0 Å². The first kappa shape index (κ1) is 16.1. The Balaban J connectivity index is 0.00000256. The standard InChI is InChI=1S/C9H7F6N.ClH/c10-8(11,12)6-2-1-3-7(5(6)4-16)9(13,14)15;/h1-3H,4,16H2;1H. The molecule has 0 saturated carbocycles. The van der Waals surface area contributed by atoms with Crippen LogP contribution in [0.4, 0.5) is 26.3 Å². The number of rotatable bonds is 1. The Kier molecular flexibility index (Phi) is 4.85. The Hall–Kier alpha value is -0.950. The van der Waals surface area contributed by atoms with Crippen LogP contribution in [0.3, 0.4) is 0 Å². The summed E-state index contributed by atoms with van der Waals surface area (Å²) < 4.78 is 74.3. The molecule has 0 aliphatic heterocycles. The van der Waals surface area contributed by atoms with Gasteiger partial charge >= 0.3 is 12.4 Å². The Morgan fingerprint density at radius 1 is 0.882 bits per heavy atom. The number of benzene rings is 1. The SMILES string of the molecule is Cl.NCc1c(C(F)(F)F)cccc1C(F)(F)F. The lowest BCUT2D eigenvalue weighted by atomic mass is 10.0. The fourth-order valence-electron chi connectivity index (χ4n) is 1.34. The molecule has 0 saturated heterocycles. The smallest absolute Gasteiger partial charge is 0.326 e. The molecule has 0 amide bonds. The predicted octanol–water partition coefficient (Wildman–Crippen LogP) is 3.60. The highest BCUT2D eigenvalue weighted by Crippen LogP contribution is 2.38. The van der Waals surface area contributed by atoms with E-state index in [1.54, 1.807) is 0 Å². The average Bonchev–Trinajstić information content (AvgIpc) is 2.13. The minimum absolute atomic E-state index is 0. The summed E-state index contributed by atoms with van der Waals surface area (Å²) >= 11 is 0. The second kappa shape index (κ2) is 5.14. The summed E-state index contributed by atoms with van der Waals surface area (Å²) in [6.07, 6.45) is -9.67. The Labute approximate surface area is 99.0 Å². The Morgan fingerprint density at radius 3 is 1.47 bits per heavy atom. The van der Waals surface area contributed by atoms with Gasteiger partial charge in [0.1, 0.15) is 0 Å². The van der Waals surface area contributed by atoms with E-state index in [1.165, 1.54) is 0 Å². The van der Waals surface area contributed by atoms with Crippen molar-refractivity contribution < 1.29 is 26.3 Å². The van der Waals surface area contributed by atoms with Crippen LogP contribution in [-0.2, 0) is 18.9 Å². The van der Waals surface area contributed by atoms with Gasteiger partial charge in [0.05, 0.1) is 11.1 Å². The third kappa shape index (κ3) is 3.50. The van der Waals surface area contributed by atoms with Gasteiger partial charge in [0.2, 0.25) is 0 Å². The van der Waals surface area contributed by atoms with Crippen molar-refractivity contribution >= 4 is 12.4 Å². The predicted molar refractivity (Wildman–Crippen MR) is 51.6 cm³/mol. The van der Waals surface area contributed by atoms with Gasteiger partial charge in [0.25, 0.3) is 0 Å². The van der Waals surface area contributed by atoms with Gasteiger partial charge < -0.3 is 5.73 Å². The van der Waals surface area contributed by atoms with Crippen LogP contribution >= 0.6 is 12.4 Å². The molecular formula is C9H8ClF6N. The van der Waals surface area contributed by atoms with Crippen molar-refractivity contribution in [1.82, 2.24) is 0 Å². The van der Waals surface area contributed by atoms with Crippen LogP contribution in [0.25, 0.3) is 0 Å². The lowest BCUT2D eigenvalue weighted by molar-refractivity contribution is -0.144. The third-order valence-electron chi connectivity index (χ3n) is 1.99. The molecule has 1 nitrogen and oxygen atoms in total. The summed E-state index contributed by atoms with van der Waals surface area (Å²) in [5, 5.41) is 0. The van der Waals surface area contributed by atoms with E-state index in [0.717, 1.165) is 0 Å². The Bertz CT molecular complexity index is 352. The highest BCUT2D eigenvalue weighted by Gasteiger charge is 2.39. The summed E-state index contributed by atoms with van der Waals surface area (Å²) in [6.45, 7) is -0.815. The molecule has 17 heavy (non-hydrogen) atoms. The molecule has 1 rings (SSSR count). The molecule has 0 radical (unpaired) electrons. The van der Waals surface area contributed by atoms with E-state index in [0.29, 0.717) is 18.2 Å². The van der Waals surface area contributed by atoms with Gasteiger partial charge in [-0.2, -0.15) is 26.3 Å². The van der Waals surface area contributed by atoms with E-state index >= 15 is 0 Å². The molecule has 0 fully saturated rings. The molecule has 0 unspecified atom stereocenters. The summed E-state index contributed by atoms with van der Waals surface area (Å²) in [7, 11) is 0. The van der Waals surface area contributed by atoms with Gasteiger partial charge in [-0.1, -0.05) is 6.07 Å². The number of halogens is 7. The first-order valence-electron chi connectivity index (χ1n) is 4.14. The molecule has 0 bridgehead atoms. The summed E-state index contributed by atoms with van der Waals surface area (Å²) in [6, 6.07) is 1.87. The highest BCUT2D eigenvalue weighted by molar-refractivity contribution is 5.85. The van der Waals surface area contributed by atoms with Gasteiger partial charge in [-0.25, -0.2) is 0 Å². The maximum absolute atomic E-state index is 12.4. The zero-order valence-corrected chi connectivity index (χ0v) is 9.01. The highest BCUT2D eigenvalue weighted by atomic mass is 35.5. The molecule has 1 aromatic rings. The third-order valence-corrected chi connectivity index (χ3v) is 1.99. The molecule has 0 atom stereocenters. The molecule has 0 aliphatic carbocycles. The largest absolute Gasteiger partial charge is 0.416 e. The quantitative estimate of drug-likeness (QED) is 0.781. The number of hydrogen-bond acceptors (Lipinski definition) is 1. The monoisotopic (exact) mass is 279 g/mol. The number of nitrogens with two attached hydrogens (primary N) is 1. The molecule has 1 aromatic carbocycles. The van der Waals surface area contributed by atoms with Crippen molar-refractivity contribution in [3.63, 3.8) is 0 Å². The van der Waals surface area contributed by atoms with Crippen molar-refractivity contribution in [2.24, 2.45) is 5.73 Å². The van der Waals surface area contributed by atoms with Crippen LogP contribution in [0, 0.1) is 0 Å². The fraction of sp³-hybridized carbons (Fsp3) is 0.333. The van der Waals surface area contributed by atoms with Crippen molar-refractivity contribution in [2.45, 2.75) is 18.9 Å². The number of alkyl halides is 6. The van der Waals surface area contributed by atoms with E-state index in [9.17, 15) is 26.3 Å². The zero-order chi connectivity index (χ0) is 12.6. The van der Waals surface area contributed by atoms with Gasteiger partial charge in [-0.05, 0) is 17.7 Å². The lowest BCUT2D eigenvalue weighted by Crippen LogP contribution is -2.18. The molecule has 8 heteroatoms. The van der Waals surface area contributed by atoms with Crippen molar-refractivity contribution in [1.29, 1.82) is 0 Å². The van der Waals surface area contributed by atoms with Gasteiger partial charge in [0, 0.05) is 6.54 Å². The number of hydrogen-bond donors (Lipinski definition) is 1. The summed E-state index contributed by atoms with van der Waals surface area (Å²) in [5.41, 5.74) is 1.33. The van der Waals surface area contributed by atoms with Gasteiger partial charge in [-0.15, -0.1) is 12.4 Å². The lowest BCUT2D eigenvalue weighted by Gasteiger charge is -2.17. The maximum Gasteiger partial charge on any atom is 0.416 e. The first-order chi connectivity index (χ1) is 7.18. The summed E-state index contributed by atoms with van der Waals surface area (Å²) in [4.78, 5) is 0. The van der Waals surface area contributed by atoms with Crippen LogP contribution in [0.1, 0.15) is 16.7 Å².